The molecule has 0 spiro atoms. The van der Waals surface area contributed by atoms with E-state index in [0.29, 0.717) is 11.6 Å². The van der Waals surface area contributed by atoms with Crippen molar-refractivity contribution in [3.05, 3.63) is 40.7 Å². The number of aryl methyl sites for hydroxylation is 1. The van der Waals surface area contributed by atoms with Crippen LogP contribution in [-0.2, 0) is 6.42 Å². The Morgan fingerprint density at radius 2 is 2.00 bits per heavy atom. The third-order valence-electron chi connectivity index (χ3n) is 2.44. The van der Waals surface area contributed by atoms with Gasteiger partial charge >= 0.3 is 0 Å². The summed E-state index contributed by atoms with van der Waals surface area (Å²) in [4.78, 5) is 9.85. The second-order valence-corrected chi connectivity index (χ2v) is 5.31. The van der Waals surface area contributed by atoms with Crippen LogP contribution in [0.3, 0.4) is 0 Å². The summed E-state index contributed by atoms with van der Waals surface area (Å²) in [6.07, 6.45) is 0.412. The summed E-state index contributed by atoms with van der Waals surface area (Å²) in [6.45, 7) is 1.84. The molecule has 0 aliphatic carbocycles. The van der Waals surface area contributed by atoms with E-state index in [0.717, 1.165) is 21.0 Å². The smallest absolute Gasteiger partial charge is 0.221 e. The fraction of sp³-hybridized carbons (Fsp3) is 0.154. The summed E-state index contributed by atoms with van der Waals surface area (Å²) < 4.78 is 0. The molecule has 6 heteroatoms. The molecule has 0 amide bonds. The van der Waals surface area contributed by atoms with Gasteiger partial charge in [-0.05, 0) is 24.6 Å². The Hall–Kier alpha value is -1.77. The lowest BCUT2D eigenvalue weighted by molar-refractivity contribution is 1.04. The van der Waals surface area contributed by atoms with Crippen LogP contribution in [0.25, 0.3) is 0 Å². The molecule has 0 atom stereocenters. The van der Waals surface area contributed by atoms with Crippen LogP contribution < -0.4 is 5.73 Å². The molecule has 0 fully saturated rings. The van der Waals surface area contributed by atoms with Gasteiger partial charge in [0.1, 0.15) is 5.15 Å². The zero-order valence-corrected chi connectivity index (χ0v) is 11.8. The predicted molar refractivity (Wildman–Crippen MR) is 76.1 cm³/mol. The number of nitrogens with zero attached hydrogens (tertiary/aromatic N) is 3. The van der Waals surface area contributed by atoms with Gasteiger partial charge < -0.3 is 5.73 Å². The maximum atomic E-state index is 8.62. The van der Waals surface area contributed by atoms with Crippen LogP contribution >= 0.6 is 23.4 Å². The largest absolute Gasteiger partial charge is 0.368 e. The molecule has 1 aromatic heterocycles. The van der Waals surface area contributed by atoms with Gasteiger partial charge in [-0.3, -0.25) is 0 Å². The van der Waals surface area contributed by atoms with Crippen LogP contribution in [0.15, 0.2) is 34.1 Å². The lowest BCUT2D eigenvalue weighted by Crippen LogP contribution is -1.99. The lowest BCUT2D eigenvalue weighted by Gasteiger charge is -2.07. The molecule has 2 aromatic rings. The molecule has 19 heavy (non-hydrogen) atoms. The van der Waals surface area contributed by atoms with Gasteiger partial charge in [0, 0.05) is 4.90 Å². The van der Waals surface area contributed by atoms with Crippen molar-refractivity contribution < 1.29 is 0 Å². The van der Waals surface area contributed by atoms with Crippen molar-refractivity contribution in [2.24, 2.45) is 0 Å². The Kier molecular flexibility index (Phi) is 4.25. The van der Waals surface area contributed by atoms with E-state index in [-0.39, 0.29) is 5.95 Å². The maximum absolute atomic E-state index is 8.62. The minimum Gasteiger partial charge on any atom is -0.368 e. The Morgan fingerprint density at radius 3 is 2.58 bits per heavy atom. The highest BCUT2D eigenvalue weighted by Crippen LogP contribution is 2.34. The average Bonchev–Trinajstić information content (AvgIpc) is 2.36. The molecule has 0 aliphatic rings. The van der Waals surface area contributed by atoms with Crippen LogP contribution in [0.1, 0.15) is 11.3 Å². The number of rotatable bonds is 3. The Labute approximate surface area is 120 Å². The number of benzene rings is 1. The van der Waals surface area contributed by atoms with Crippen molar-refractivity contribution in [3.8, 4) is 6.07 Å². The van der Waals surface area contributed by atoms with Gasteiger partial charge in [-0.15, -0.1) is 0 Å². The predicted octanol–water partition coefficient (Wildman–Crippen LogP) is 3.24. The summed E-state index contributed by atoms with van der Waals surface area (Å²) in [6, 6.07) is 9.86. The summed E-state index contributed by atoms with van der Waals surface area (Å²) in [5.41, 5.74) is 7.27. The maximum Gasteiger partial charge on any atom is 0.221 e. The third kappa shape index (κ3) is 3.37. The molecule has 1 aromatic carbocycles. The third-order valence-corrected chi connectivity index (χ3v) is 4.02. The van der Waals surface area contributed by atoms with E-state index >= 15 is 0 Å². The molecular formula is C13H11ClN4S. The van der Waals surface area contributed by atoms with Crippen molar-refractivity contribution >= 4 is 29.3 Å². The first kappa shape index (κ1) is 13.7. The normalized spacial score (nSPS) is 10.2. The van der Waals surface area contributed by atoms with Crippen molar-refractivity contribution in [1.82, 2.24) is 9.97 Å². The number of hydrogen-bond acceptors (Lipinski definition) is 5. The minimum absolute atomic E-state index is 0.177. The first-order valence-electron chi connectivity index (χ1n) is 5.53. The van der Waals surface area contributed by atoms with Gasteiger partial charge in [0.25, 0.3) is 0 Å². The van der Waals surface area contributed by atoms with E-state index in [9.17, 15) is 0 Å². The number of anilines is 1. The molecule has 2 rings (SSSR count). The van der Waals surface area contributed by atoms with E-state index in [1.165, 1.54) is 11.8 Å². The van der Waals surface area contributed by atoms with Gasteiger partial charge in [0.2, 0.25) is 5.95 Å². The summed E-state index contributed by atoms with van der Waals surface area (Å²) >= 11 is 7.55. The first-order chi connectivity index (χ1) is 9.10. The molecule has 1 heterocycles. The van der Waals surface area contributed by atoms with Gasteiger partial charge in [0.05, 0.1) is 23.1 Å². The highest BCUT2D eigenvalue weighted by atomic mass is 35.5. The monoisotopic (exact) mass is 290 g/mol. The molecule has 0 unspecified atom stereocenters. The van der Waals surface area contributed by atoms with Crippen LogP contribution in [-0.4, -0.2) is 9.97 Å². The minimum atomic E-state index is 0.177. The van der Waals surface area contributed by atoms with E-state index in [4.69, 9.17) is 22.6 Å². The number of nitriles is 1. The van der Waals surface area contributed by atoms with Crippen molar-refractivity contribution in [2.75, 3.05) is 5.73 Å². The highest BCUT2D eigenvalue weighted by molar-refractivity contribution is 7.99. The average molecular weight is 291 g/mol. The molecule has 0 bridgehead atoms. The molecule has 96 valence electrons. The molecule has 0 saturated carbocycles. The standard InChI is InChI=1S/C13H11ClN4S/c1-8-11(12(14)18-13(16)17-8)19-10-4-2-9(3-5-10)6-7-15/h2-5H,6H2,1H3,(H2,16,17,18). The van der Waals surface area contributed by atoms with E-state index < -0.39 is 0 Å². The molecular weight excluding hydrogens is 280 g/mol. The lowest BCUT2D eigenvalue weighted by atomic mass is 10.2. The fourth-order valence-electron chi connectivity index (χ4n) is 1.55. The number of halogens is 1. The zero-order chi connectivity index (χ0) is 13.8. The molecule has 0 saturated heterocycles. The Morgan fingerprint density at radius 1 is 1.32 bits per heavy atom. The highest BCUT2D eigenvalue weighted by Gasteiger charge is 2.10. The Bertz CT molecular complexity index is 611. The SMILES string of the molecule is Cc1nc(N)nc(Cl)c1Sc1ccc(CC#N)cc1. The van der Waals surface area contributed by atoms with E-state index in [2.05, 4.69) is 16.0 Å². The topological polar surface area (TPSA) is 75.6 Å². The van der Waals surface area contributed by atoms with Crippen LogP contribution in [0.4, 0.5) is 5.95 Å². The fourth-order valence-corrected chi connectivity index (χ4v) is 2.72. The quantitative estimate of drug-likeness (QED) is 0.878. The number of aromatic nitrogens is 2. The molecule has 0 radical (unpaired) electrons. The number of nitrogen functional groups attached to an aromatic ring is 1. The van der Waals surface area contributed by atoms with Gasteiger partial charge in [0.15, 0.2) is 0 Å². The van der Waals surface area contributed by atoms with Crippen LogP contribution in [0, 0.1) is 18.3 Å². The second kappa shape index (κ2) is 5.91. The zero-order valence-electron chi connectivity index (χ0n) is 10.2. The van der Waals surface area contributed by atoms with Crippen LogP contribution in [0.5, 0.6) is 0 Å². The van der Waals surface area contributed by atoms with Crippen molar-refractivity contribution in [2.45, 2.75) is 23.1 Å². The van der Waals surface area contributed by atoms with Crippen LogP contribution in [0.2, 0.25) is 5.15 Å². The molecule has 2 N–H and O–H groups in total. The van der Waals surface area contributed by atoms with Gasteiger partial charge in [-0.2, -0.15) is 5.26 Å². The second-order valence-electron chi connectivity index (χ2n) is 3.87. The van der Waals surface area contributed by atoms with Crippen molar-refractivity contribution in [1.29, 1.82) is 5.26 Å². The van der Waals surface area contributed by atoms with Gasteiger partial charge in [-0.25, -0.2) is 9.97 Å². The van der Waals surface area contributed by atoms with Crippen molar-refractivity contribution in [3.63, 3.8) is 0 Å². The number of hydrogen-bond donors (Lipinski definition) is 1. The number of nitrogens with two attached hydrogens (primary N) is 1. The first-order valence-corrected chi connectivity index (χ1v) is 6.73. The Balaban J connectivity index is 2.24. The summed E-state index contributed by atoms with van der Waals surface area (Å²) in [5, 5.41) is 8.98. The van der Waals surface area contributed by atoms with Gasteiger partial charge in [-0.1, -0.05) is 35.5 Å². The summed E-state index contributed by atoms with van der Waals surface area (Å²) in [7, 11) is 0. The molecule has 4 nitrogen and oxygen atoms in total. The van der Waals surface area contributed by atoms with E-state index in [1.54, 1.807) is 0 Å². The summed E-state index contributed by atoms with van der Waals surface area (Å²) in [5.74, 6) is 0.177. The molecule has 0 aliphatic heterocycles. The van der Waals surface area contributed by atoms with E-state index in [1.807, 2.05) is 31.2 Å².